The van der Waals surface area contributed by atoms with E-state index < -0.39 is 12.1 Å². The number of nitrogens with zero attached hydrogens (tertiary/aromatic N) is 2. The van der Waals surface area contributed by atoms with Gasteiger partial charge in [-0.05, 0) is 28.1 Å². The number of aromatic nitrogens is 1. The lowest BCUT2D eigenvalue weighted by molar-refractivity contribution is -0.158. The molecule has 1 saturated heterocycles. The fourth-order valence-corrected chi connectivity index (χ4v) is 2.01. The van der Waals surface area contributed by atoms with Gasteiger partial charge in [-0.15, -0.1) is 0 Å². The summed E-state index contributed by atoms with van der Waals surface area (Å²) in [4.78, 5) is 29.2. The van der Waals surface area contributed by atoms with Crippen LogP contribution in [-0.2, 0) is 14.3 Å². The SMILES string of the molecule is COC(=O)C1CN(C(=O)c2ccc(Br)cn2)CCO1. The van der Waals surface area contributed by atoms with Crippen molar-refractivity contribution < 1.29 is 19.1 Å². The minimum absolute atomic E-state index is 0.184. The molecular weight excluding hydrogens is 316 g/mol. The Balaban J connectivity index is 2.06. The fourth-order valence-electron chi connectivity index (χ4n) is 1.77. The van der Waals surface area contributed by atoms with E-state index in [0.717, 1.165) is 4.47 Å². The maximum atomic E-state index is 12.2. The Morgan fingerprint density at radius 2 is 2.32 bits per heavy atom. The van der Waals surface area contributed by atoms with E-state index in [1.807, 2.05) is 0 Å². The second-order valence-electron chi connectivity index (χ2n) is 4.00. The molecule has 1 aromatic rings. The van der Waals surface area contributed by atoms with Crippen LogP contribution in [0.1, 0.15) is 10.5 Å². The predicted octanol–water partition coefficient (Wildman–Crippen LogP) is 0.858. The van der Waals surface area contributed by atoms with Crippen LogP contribution in [0, 0.1) is 0 Å². The minimum atomic E-state index is -0.724. The molecule has 2 heterocycles. The maximum absolute atomic E-state index is 12.2. The van der Waals surface area contributed by atoms with E-state index >= 15 is 0 Å². The van der Waals surface area contributed by atoms with Crippen LogP contribution in [0.25, 0.3) is 0 Å². The number of hydrogen-bond acceptors (Lipinski definition) is 5. The van der Waals surface area contributed by atoms with E-state index in [1.165, 1.54) is 7.11 Å². The first-order chi connectivity index (χ1) is 9.11. The first kappa shape index (κ1) is 14.0. The minimum Gasteiger partial charge on any atom is -0.467 e. The van der Waals surface area contributed by atoms with Crippen molar-refractivity contribution in [1.29, 1.82) is 0 Å². The lowest BCUT2D eigenvalue weighted by atomic mass is 10.2. The molecule has 0 bridgehead atoms. The molecule has 7 heteroatoms. The Morgan fingerprint density at radius 3 is 2.95 bits per heavy atom. The molecule has 0 saturated carbocycles. The van der Waals surface area contributed by atoms with Crippen molar-refractivity contribution in [1.82, 2.24) is 9.88 Å². The van der Waals surface area contributed by atoms with Crippen molar-refractivity contribution in [2.45, 2.75) is 6.10 Å². The number of methoxy groups -OCH3 is 1. The molecule has 19 heavy (non-hydrogen) atoms. The Labute approximate surface area is 118 Å². The predicted molar refractivity (Wildman–Crippen MR) is 69.6 cm³/mol. The number of carbonyl (C=O) groups excluding carboxylic acids is 2. The molecule has 1 fully saturated rings. The van der Waals surface area contributed by atoms with Gasteiger partial charge in [-0.3, -0.25) is 4.79 Å². The number of halogens is 1. The van der Waals surface area contributed by atoms with Gasteiger partial charge in [0.2, 0.25) is 0 Å². The summed E-state index contributed by atoms with van der Waals surface area (Å²) in [6.07, 6.45) is 0.837. The van der Waals surface area contributed by atoms with Crippen LogP contribution in [-0.4, -0.2) is 54.7 Å². The summed E-state index contributed by atoms with van der Waals surface area (Å²) in [5, 5.41) is 0. The van der Waals surface area contributed by atoms with Gasteiger partial charge in [0.15, 0.2) is 6.10 Å². The molecule has 0 N–H and O–H groups in total. The molecule has 0 spiro atoms. The maximum Gasteiger partial charge on any atom is 0.336 e. The molecule has 1 aliphatic heterocycles. The van der Waals surface area contributed by atoms with E-state index in [0.29, 0.717) is 18.8 Å². The van der Waals surface area contributed by atoms with Crippen molar-refractivity contribution in [3.8, 4) is 0 Å². The number of carbonyl (C=O) groups is 2. The highest BCUT2D eigenvalue weighted by Crippen LogP contribution is 2.12. The van der Waals surface area contributed by atoms with Crippen molar-refractivity contribution in [2.75, 3.05) is 26.8 Å². The van der Waals surface area contributed by atoms with Gasteiger partial charge in [0, 0.05) is 17.2 Å². The van der Waals surface area contributed by atoms with E-state index in [2.05, 4.69) is 25.7 Å². The van der Waals surface area contributed by atoms with E-state index in [1.54, 1.807) is 23.2 Å². The first-order valence-electron chi connectivity index (χ1n) is 5.72. The molecule has 6 nitrogen and oxygen atoms in total. The highest BCUT2D eigenvalue weighted by molar-refractivity contribution is 9.10. The average Bonchev–Trinajstić information content (AvgIpc) is 2.46. The van der Waals surface area contributed by atoms with Gasteiger partial charge < -0.3 is 14.4 Å². The fraction of sp³-hybridized carbons (Fsp3) is 0.417. The Kier molecular flexibility index (Phi) is 4.49. The quantitative estimate of drug-likeness (QED) is 0.753. The van der Waals surface area contributed by atoms with Crippen LogP contribution in [0.2, 0.25) is 0 Å². The number of morpholine rings is 1. The molecule has 0 radical (unpaired) electrons. The lowest BCUT2D eigenvalue weighted by Crippen LogP contribution is -2.49. The standard InChI is InChI=1S/C12H13BrN2O4/c1-18-12(17)10-7-15(4-5-19-10)11(16)9-3-2-8(13)6-14-9/h2-3,6,10H,4-5,7H2,1H3. The van der Waals surface area contributed by atoms with Gasteiger partial charge in [0.25, 0.3) is 5.91 Å². The molecule has 1 amide bonds. The summed E-state index contributed by atoms with van der Waals surface area (Å²) in [5.74, 6) is -0.689. The van der Waals surface area contributed by atoms with Crippen molar-refractivity contribution >= 4 is 27.8 Å². The number of pyridine rings is 1. The molecule has 1 aliphatic rings. The number of esters is 1. The monoisotopic (exact) mass is 328 g/mol. The Hall–Kier alpha value is -1.47. The summed E-state index contributed by atoms with van der Waals surface area (Å²) < 4.78 is 10.7. The van der Waals surface area contributed by atoms with Gasteiger partial charge in [0.1, 0.15) is 5.69 Å². The van der Waals surface area contributed by atoms with Crippen LogP contribution in [0.3, 0.4) is 0 Å². The average molecular weight is 329 g/mol. The second-order valence-corrected chi connectivity index (χ2v) is 4.91. The highest BCUT2D eigenvalue weighted by Gasteiger charge is 2.30. The van der Waals surface area contributed by atoms with E-state index in [-0.39, 0.29) is 12.5 Å². The third kappa shape index (κ3) is 3.30. The second kappa shape index (κ2) is 6.12. The van der Waals surface area contributed by atoms with Crippen molar-refractivity contribution in [2.24, 2.45) is 0 Å². The van der Waals surface area contributed by atoms with Gasteiger partial charge in [-0.25, -0.2) is 9.78 Å². The molecule has 0 aromatic carbocycles. The lowest BCUT2D eigenvalue weighted by Gasteiger charge is -2.31. The topological polar surface area (TPSA) is 68.7 Å². The van der Waals surface area contributed by atoms with Gasteiger partial charge in [-0.2, -0.15) is 0 Å². The Bertz CT molecular complexity index is 477. The van der Waals surface area contributed by atoms with Crippen LogP contribution in [0.15, 0.2) is 22.8 Å². The molecule has 1 aromatic heterocycles. The largest absolute Gasteiger partial charge is 0.467 e. The normalized spacial score (nSPS) is 19.1. The number of ether oxygens (including phenoxy) is 2. The Morgan fingerprint density at radius 1 is 1.53 bits per heavy atom. The third-order valence-corrected chi connectivity index (χ3v) is 3.23. The number of rotatable bonds is 2. The molecule has 0 aliphatic carbocycles. The molecular formula is C12H13BrN2O4. The molecule has 2 rings (SSSR count). The first-order valence-corrected chi connectivity index (χ1v) is 6.51. The number of amides is 1. The van der Waals surface area contributed by atoms with Gasteiger partial charge >= 0.3 is 5.97 Å². The van der Waals surface area contributed by atoms with Crippen LogP contribution in [0.5, 0.6) is 0 Å². The number of hydrogen-bond donors (Lipinski definition) is 0. The summed E-state index contributed by atoms with van der Waals surface area (Å²) in [6.45, 7) is 0.926. The van der Waals surface area contributed by atoms with Crippen LogP contribution in [0.4, 0.5) is 0 Å². The smallest absolute Gasteiger partial charge is 0.336 e. The third-order valence-electron chi connectivity index (χ3n) is 2.76. The van der Waals surface area contributed by atoms with E-state index in [4.69, 9.17) is 4.74 Å². The molecule has 1 unspecified atom stereocenters. The summed E-state index contributed by atoms with van der Waals surface area (Å²) >= 11 is 3.26. The molecule has 102 valence electrons. The van der Waals surface area contributed by atoms with Gasteiger partial charge in [-0.1, -0.05) is 0 Å². The van der Waals surface area contributed by atoms with Crippen molar-refractivity contribution in [3.63, 3.8) is 0 Å². The van der Waals surface area contributed by atoms with Gasteiger partial charge in [0.05, 0.1) is 20.3 Å². The van der Waals surface area contributed by atoms with Crippen molar-refractivity contribution in [3.05, 3.63) is 28.5 Å². The zero-order valence-electron chi connectivity index (χ0n) is 10.3. The zero-order valence-corrected chi connectivity index (χ0v) is 11.9. The highest BCUT2D eigenvalue weighted by atomic mass is 79.9. The molecule has 1 atom stereocenters. The zero-order chi connectivity index (χ0) is 13.8. The van der Waals surface area contributed by atoms with Crippen LogP contribution < -0.4 is 0 Å². The van der Waals surface area contributed by atoms with E-state index in [9.17, 15) is 9.59 Å². The summed E-state index contributed by atoms with van der Waals surface area (Å²) in [6, 6.07) is 3.38. The summed E-state index contributed by atoms with van der Waals surface area (Å²) in [7, 11) is 1.29. The van der Waals surface area contributed by atoms with Crippen LogP contribution >= 0.6 is 15.9 Å². The summed E-state index contributed by atoms with van der Waals surface area (Å²) in [5.41, 5.74) is 0.341.